The number of amides is 1. The molecular weight excluding hydrogens is 366 g/mol. The van der Waals surface area contributed by atoms with Crippen molar-refractivity contribution in [3.63, 3.8) is 0 Å². The number of carbonyl (C=O) groups is 1. The average Bonchev–Trinajstić information content (AvgIpc) is 3.04. The molecule has 1 amide bonds. The van der Waals surface area contributed by atoms with Crippen LogP contribution in [-0.2, 0) is 11.8 Å². The minimum absolute atomic E-state index is 0. The molecule has 1 aliphatic carbocycles. The molecule has 2 aromatic heterocycles. The number of rotatable bonds is 4. The number of hydrogen-bond acceptors (Lipinski definition) is 5. The van der Waals surface area contributed by atoms with Gasteiger partial charge in [-0.15, -0.1) is 12.4 Å². The zero-order chi connectivity index (χ0) is 17.7. The first-order chi connectivity index (χ1) is 12.7. The van der Waals surface area contributed by atoms with Crippen molar-refractivity contribution < 1.29 is 9.21 Å². The monoisotopic (exact) mass is 387 g/mol. The molecular formula is C19H22ClN5O2. The first-order valence-electron chi connectivity index (χ1n) is 9.08. The normalized spacial score (nSPS) is 22.0. The highest BCUT2D eigenvalue weighted by molar-refractivity contribution is 5.95. The number of fused-ring (bicyclic) bond motifs is 1. The Morgan fingerprint density at radius 1 is 1.33 bits per heavy atom. The van der Waals surface area contributed by atoms with Crippen molar-refractivity contribution in [3.05, 3.63) is 42.0 Å². The summed E-state index contributed by atoms with van der Waals surface area (Å²) in [6.07, 6.45) is 6.14. The van der Waals surface area contributed by atoms with Gasteiger partial charge in [-0.2, -0.15) is 5.10 Å². The van der Waals surface area contributed by atoms with Gasteiger partial charge in [0.15, 0.2) is 11.5 Å². The molecule has 1 aliphatic heterocycles. The third-order valence-electron chi connectivity index (χ3n) is 5.30. The number of aryl methyl sites for hydroxylation is 1. The largest absolute Gasteiger partial charge is 0.440 e. The van der Waals surface area contributed by atoms with Crippen LogP contribution in [0.25, 0.3) is 11.1 Å². The van der Waals surface area contributed by atoms with Crippen LogP contribution in [-0.4, -0.2) is 33.8 Å². The molecule has 7 nitrogen and oxygen atoms in total. The summed E-state index contributed by atoms with van der Waals surface area (Å²) in [6, 6.07) is 5.66. The maximum absolute atomic E-state index is 12.8. The van der Waals surface area contributed by atoms with Gasteiger partial charge in [-0.05, 0) is 36.6 Å². The molecule has 2 N–H and O–H groups in total. The van der Waals surface area contributed by atoms with Gasteiger partial charge in [0, 0.05) is 43.9 Å². The lowest BCUT2D eigenvalue weighted by atomic mass is 9.90. The predicted molar refractivity (Wildman–Crippen MR) is 104 cm³/mol. The molecule has 2 aliphatic rings. The van der Waals surface area contributed by atoms with Crippen molar-refractivity contribution in [1.29, 1.82) is 0 Å². The van der Waals surface area contributed by atoms with Crippen molar-refractivity contribution in [3.8, 4) is 0 Å². The van der Waals surface area contributed by atoms with Crippen molar-refractivity contribution in [1.82, 2.24) is 20.1 Å². The van der Waals surface area contributed by atoms with Gasteiger partial charge in [0.2, 0.25) is 5.91 Å². The summed E-state index contributed by atoms with van der Waals surface area (Å²) in [5.74, 6) is 1.34. The van der Waals surface area contributed by atoms with Crippen molar-refractivity contribution in [2.24, 2.45) is 13.0 Å². The van der Waals surface area contributed by atoms with Crippen molar-refractivity contribution in [2.75, 3.05) is 18.4 Å². The Morgan fingerprint density at radius 2 is 2.19 bits per heavy atom. The number of halogens is 1. The quantitative estimate of drug-likeness (QED) is 0.719. The van der Waals surface area contributed by atoms with Gasteiger partial charge in [-0.25, -0.2) is 4.98 Å². The first kappa shape index (κ1) is 18.0. The third-order valence-corrected chi connectivity index (χ3v) is 5.30. The van der Waals surface area contributed by atoms with E-state index in [9.17, 15) is 4.79 Å². The molecule has 1 aromatic carbocycles. The fourth-order valence-electron chi connectivity index (χ4n) is 3.70. The van der Waals surface area contributed by atoms with Crippen LogP contribution in [0.15, 0.2) is 35.0 Å². The third kappa shape index (κ3) is 3.44. The number of anilines is 1. The fourth-order valence-corrected chi connectivity index (χ4v) is 3.70. The van der Waals surface area contributed by atoms with Crippen LogP contribution >= 0.6 is 12.4 Å². The van der Waals surface area contributed by atoms with Crippen LogP contribution in [0.1, 0.15) is 36.1 Å². The number of nitrogens with one attached hydrogen (secondary N) is 2. The first-order valence-corrected chi connectivity index (χ1v) is 9.08. The van der Waals surface area contributed by atoms with Gasteiger partial charge in [-0.1, -0.05) is 0 Å². The smallest absolute Gasteiger partial charge is 0.229 e. The van der Waals surface area contributed by atoms with Crippen LogP contribution in [0.2, 0.25) is 0 Å². The van der Waals surface area contributed by atoms with Gasteiger partial charge >= 0.3 is 0 Å². The molecule has 0 radical (unpaired) electrons. The Kier molecular flexibility index (Phi) is 4.65. The number of nitrogens with zero attached hydrogens (tertiary/aromatic N) is 3. The summed E-state index contributed by atoms with van der Waals surface area (Å²) < 4.78 is 7.56. The summed E-state index contributed by atoms with van der Waals surface area (Å²) >= 11 is 0. The number of benzene rings is 1. The minimum Gasteiger partial charge on any atom is -0.440 e. The second-order valence-electron chi connectivity index (χ2n) is 7.32. The van der Waals surface area contributed by atoms with Gasteiger partial charge in [-0.3, -0.25) is 9.48 Å². The van der Waals surface area contributed by atoms with Crippen molar-refractivity contribution in [2.45, 2.75) is 24.7 Å². The standard InChI is InChI=1S/C19H21N5O2.ClH/c1-24-10-12(7-21-24)14-8-20-9-15(14)18(25)22-13-4-5-17-16(6-13)23-19(26-17)11-2-3-11;/h4-7,10-11,14-15,20H,2-3,8-9H2,1H3,(H,22,25);1H/t14-,15+;/m1./s1. The fraction of sp³-hybridized carbons (Fsp3) is 0.421. The SMILES string of the molecule is Cl.Cn1cc([C@H]2CNC[C@@H]2C(=O)Nc2ccc3oc(C4CC4)nc3c2)cn1. The van der Waals surface area contributed by atoms with Gasteiger partial charge < -0.3 is 15.1 Å². The molecule has 8 heteroatoms. The number of hydrogen-bond donors (Lipinski definition) is 2. The number of oxazole rings is 1. The predicted octanol–water partition coefficient (Wildman–Crippen LogP) is 2.80. The summed E-state index contributed by atoms with van der Waals surface area (Å²) in [5, 5.41) is 10.6. The van der Waals surface area contributed by atoms with E-state index in [4.69, 9.17) is 4.42 Å². The summed E-state index contributed by atoms with van der Waals surface area (Å²) in [6.45, 7) is 1.46. The Morgan fingerprint density at radius 3 is 2.93 bits per heavy atom. The minimum atomic E-state index is -0.116. The van der Waals surface area contributed by atoms with E-state index in [0.29, 0.717) is 12.5 Å². The Balaban J connectivity index is 0.00000180. The van der Waals surface area contributed by atoms with Gasteiger partial charge in [0.1, 0.15) is 5.52 Å². The Hall–Kier alpha value is -2.38. The topological polar surface area (TPSA) is 85.0 Å². The van der Waals surface area contributed by atoms with E-state index in [-0.39, 0.29) is 30.2 Å². The van der Waals surface area contributed by atoms with Crippen LogP contribution in [0.3, 0.4) is 0 Å². The van der Waals surface area contributed by atoms with E-state index >= 15 is 0 Å². The molecule has 2 atom stereocenters. The Labute approximate surface area is 162 Å². The maximum Gasteiger partial charge on any atom is 0.229 e. The molecule has 3 aromatic rings. The second-order valence-corrected chi connectivity index (χ2v) is 7.32. The molecule has 5 rings (SSSR count). The number of carbonyl (C=O) groups excluding carboxylic acids is 1. The van der Waals surface area contributed by atoms with Crippen LogP contribution in [0.4, 0.5) is 5.69 Å². The molecule has 2 fully saturated rings. The lowest BCUT2D eigenvalue weighted by Gasteiger charge is -2.17. The zero-order valence-corrected chi connectivity index (χ0v) is 15.8. The van der Waals surface area contributed by atoms with Crippen LogP contribution in [0.5, 0.6) is 0 Å². The van der Waals surface area contributed by atoms with Crippen LogP contribution < -0.4 is 10.6 Å². The number of aromatic nitrogens is 3. The van der Waals surface area contributed by atoms with E-state index in [1.54, 1.807) is 4.68 Å². The van der Waals surface area contributed by atoms with Gasteiger partial charge in [0.25, 0.3) is 0 Å². The highest BCUT2D eigenvalue weighted by Gasteiger charge is 2.35. The molecule has 3 heterocycles. The van der Waals surface area contributed by atoms with Crippen molar-refractivity contribution >= 4 is 35.1 Å². The van der Waals surface area contributed by atoms with E-state index < -0.39 is 0 Å². The highest BCUT2D eigenvalue weighted by atomic mass is 35.5. The summed E-state index contributed by atoms with van der Waals surface area (Å²) in [4.78, 5) is 17.4. The molecule has 0 spiro atoms. The van der Waals surface area contributed by atoms with E-state index in [1.165, 1.54) is 0 Å². The highest BCUT2D eigenvalue weighted by Crippen LogP contribution is 2.40. The molecule has 142 valence electrons. The lowest BCUT2D eigenvalue weighted by molar-refractivity contribution is -0.119. The zero-order valence-electron chi connectivity index (χ0n) is 15.0. The Bertz CT molecular complexity index is 978. The van der Waals surface area contributed by atoms with Gasteiger partial charge in [0.05, 0.1) is 12.1 Å². The average molecular weight is 388 g/mol. The second kappa shape index (κ2) is 6.98. The van der Waals surface area contributed by atoms with E-state index in [0.717, 1.165) is 47.6 Å². The molecule has 1 saturated carbocycles. The molecule has 27 heavy (non-hydrogen) atoms. The van der Waals surface area contributed by atoms with E-state index in [2.05, 4.69) is 20.7 Å². The molecule has 0 unspecified atom stereocenters. The maximum atomic E-state index is 12.8. The van der Waals surface area contributed by atoms with E-state index in [1.807, 2.05) is 37.6 Å². The molecule has 0 bridgehead atoms. The summed E-state index contributed by atoms with van der Waals surface area (Å²) in [5.41, 5.74) is 3.44. The summed E-state index contributed by atoms with van der Waals surface area (Å²) in [7, 11) is 1.89. The lowest BCUT2D eigenvalue weighted by Crippen LogP contribution is -2.28. The van der Waals surface area contributed by atoms with Crippen LogP contribution in [0, 0.1) is 5.92 Å². The molecule has 1 saturated heterocycles.